The Kier molecular flexibility index (Phi) is 9.02. The van der Waals surface area contributed by atoms with E-state index in [1.807, 2.05) is 19.2 Å². The van der Waals surface area contributed by atoms with Crippen LogP contribution in [0.5, 0.6) is 5.88 Å². The Bertz CT molecular complexity index is 995. The Morgan fingerprint density at radius 2 is 1.91 bits per heavy atom. The summed E-state index contributed by atoms with van der Waals surface area (Å²) in [7, 11) is 1.84. The minimum Gasteiger partial charge on any atom is -0.476 e. The van der Waals surface area contributed by atoms with Crippen molar-refractivity contribution in [2.45, 2.75) is 19.3 Å². The molecule has 1 aromatic carbocycles. The van der Waals surface area contributed by atoms with Gasteiger partial charge in [0.25, 0.3) is 5.91 Å². The molecule has 1 saturated heterocycles. The number of likely N-dealkylation sites (N-methyl/N-ethyl adjacent to an activating group) is 1. The van der Waals surface area contributed by atoms with E-state index >= 15 is 0 Å². The van der Waals surface area contributed by atoms with Gasteiger partial charge < -0.3 is 26.0 Å². The number of carbonyl (C=O) groups excluding carboxylic acids is 2. The second-order valence-electron chi connectivity index (χ2n) is 7.70. The van der Waals surface area contributed by atoms with Gasteiger partial charge in [-0.1, -0.05) is 6.07 Å². The fraction of sp³-hybridized carbons (Fsp3) is 0.320. The summed E-state index contributed by atoms with van der Waals surface area (Å²) in [5, 5.41) is 5.65. The molecule has 8 nitrogen and oxygen atoms in total. The third kappa shape index (κ3) is 6.92. The molecule has 0 spiro atoms. The molecule has 1 amide bonds. The van der Waals surface area contributed by atoms with Crippen molar-refractivity contribution in [3.8, 4) is 5.88 Å². The summed E-state index contributed by atoms with van der Waals surface area (Å²) < 4.78 is 5.58. The van der Waals surface area contributed by atoms with Crippen LogP contribution in [-0.2, 0) is 4.79 Å². The number of nitrogens with zero attached hydrogens (tertiary/aromatic N) is 2. The van der Waals surface area contributed by atoms with Crippen molar-refractivity contribution in [2.75, 3.05) is 38.2 Å². The predicted octanol–water partition coefficient (Wildman–Crippen LogP) is 2.48. The van der Waals surface area contributed by atoms with Crippen molar-refractivity contribution in [3.63, 3.8) is 0 Å². The van der Waals surface area contributed by atoms with Gasteiger partial charge in [-0.3, -0.25) is 9.59 Å². The van der Waals surface area contributed by atoms with Gasteiger partial charge in [0.15, 0.2) is 6.29 Å². The zero-order chi connectivity index (χ0) is 23.5. The lowest BCUT2D eigenvalue weighted by Gasteiger charge is -2.28. The molecule has 1 aliphatic rings. The summed E-state index contributed by atoms with van der Waals surface area (Å²) in [6.07, 6.45) is 7.05. The number of allylic oxidation sites excluding steroid dienone is 3. The van der Waals surface area contributed by atoms with E-state index in [2.05, 4.69) is 20.5 Å². The first kappa shape index (κ1) is 24.0. The zero-order valence-corrected chi connectivity index (χ0v) is 18.9. The number of rotatable bonds is 10. The molecule has 1 aliphatic heterocycles. The third-order valence-electron chi connectivity index (χ3n) is 5.35. The zero-order valence-electron chi connectivity index (χ0n) is 18.9. The second kappa shape index (κ2) is 12.4. The highest BCUT2D eigenvalue weighted by atomic mass is 16.5. The molecular formula is C25H31N5O3. The average molecular weight is 450 g/mol. The number of nitrogens with one attached hydrogen (secondary N) is 2. The molecular weight excluding hydrogens is 418 g/mol. The standard InChI is InChI=1S/C25H31N5O3/c1-27-12-15-33-24-7-5-6-23(29-24)20(17-26)16-21(18-31)28-25(32)19-8-10-22(11-9-19)30-13-3-2-4-14-30/h5-11,16-18,27H,2-4,12-15,26H2,1H3,(H,28,32)/b20-17+,21-16+. The quantitative estimate of drug-likeness (QED) is 0.221. The summed E-state index contributed by atoms with van der Waals surface area (Å²) in [4.78, 5) is 31.1. The van der Waals surface area contributed by atoms with Gasteiger partial charge in [0.05, 0.1) is 11.4 Å². The molecule has 0 unspecified atom stereocenters. The molecule has 0 atom stereocenters. The van der Waals surface area contributed by atoms with E-state index in [0.29, 0.717) is 42.1 Å². The Morgan fingerprint density at radius 3 is 2.58 bits per heavy atom. The Morgan fingerprint density at radius 1 is 1.15 bits per heavy atom. The molecule has 2 heterocycles. The van der Waals surface area contributed by atoms with E-state index in [9.17, 15) is 9.59 Å². The number of aldehydes is 1. The fourth-order valence-corrected chi connectivity index (χ4v) is 3.57. The highest BCUT2D eigenvalue weighted by Crippen LogP contribution is 2.21. The molecule has 8 heteroatoms. The van der Waals surface area contributed by atoms with Crippen LogP contribution in [-0.4, -0.2) is 50.5 Å². The first-order valence-electron chi connectivity index (χ1n) is 11.1. The van der Waals surface area contributed by atoms with Crippen LogP contribution in [0.2, 0.25) is 0 Å². The van der Waals surface area contributed by atoms with Gasteiger partial charge in [-0.25, -0.2) is 4.98 Å². The lowest BCUT2D eigenvalue weighted by Crippen LogP contribution is -2.29. The number of aromatic nitrogens is 1. The van der Waals surface area contributed by atoms with Crippen molar-refractivity contribution in [1.29, 1.82) is 0 Å². The van der Waals surface area contributed by atoms with E-state index in [1.165, 1.54) is 31.5 Å². The topological polar surface area (TPSA) is 110 Å². The van der Waals surface area contributed by atoms with Gasteiger partial charge >= 0.3 is 0 Å². The minimum atomic E-state index is -0.368. The maximum atomic E-state index is 12.7. The highest BCUT2D eigenvalue weighted by molar-refractivity contribution is 5.99. The van der Waals surface area contributed by atoms with Crippen molar-refractivity contribution in [2.24, 2.45) is 5.73 Å². The van der Waals surface area contributed by atoms with Crippen LogP contribution in [0.4, 0.5) is 5.69 Å². The minimum absolute atomic E-state index is 0.0834. The van der Waals surface area contributed by atoms with E-state index in [0.717, 1.165) is 18.8 Å². The normalized spacial score (nSPS) is 14.6. The molecule has 174 valence electrons. The summed E-state index contributed by atoms with van der Waals surface area (Å²) in [6, 6.07) is 12.7. The number of pyridine rings is 1. The molecule has 0 aliphatic carbocycles. The molecule has 4 N–H and O–H groups in total. The maximum absolute atomic E-state index is 12.7. The Balaban J connectivity index is 1.68. The van der Waals surface area contributed by atoms with Crippen LogP contribution in [0.25, 0.3) is 5.57 Å². The summed E-state index contributed by atoms with van der Waals surface area (Å²) in [6.45, 7) is 3.23. The molecule has 0 bridgehead atoms. The largest absolute Gasteiger partial charge is 0.476 e. The van der Waals surface area contributed by atoms with Gasteiger partial charge in [0, 0.05) is 48.7 Å². The van der Waals surface area contributed by atoms with Crippen LogP contribution in [0, 0.1) is 0 Å². The van der Waals surface area contributed by atoms with Gasteiger partial charge in [0.1, 0.15) is 6.61 Å². The van der Waals surface area contributed by atoms with Crippen molar-refractivity contribution >= 4 is 23.5 Å². The first-order chi connectivity index (χ1) is 16.1. The molecule has 2 aromatic rings. The van der Waals surface area contributed by atoms with Gasteiger partial charge in [0.2, 0.25) is 5.88 Å². The van der Waals surface area contributed by atoms with Crippen LogP contribution in [0.15, 0.2) is 60.4 Å². The number of hydrogen-bond donors (Lipinski definition) is 3. The van der Waals surface area contributed by atoms with E-state index in [1.54, 1.807) is 30.3 Å². The van der Waals surface area contributed by atoms with E-state index in [4.69, 9.17) is 10.5 Å². The lowest BCUT2D eigenvalue weighted by atomic mass is 10.1. The number of carbonyl (C=O) groups is 2. The number of amides is 1. The third-order valence-corrected chi connectivity index (χ3v) is 5.35. The van der Waals surface area contributed by atoms with E-state index in [-0.39, 0.29) is 11.6 Å². The van der Waals surface area contributed by atoms with Crippen molar-refractivity contribution < 1.29 is 14.3 Å². The Labute approximate surface area is 194 Å². The summed E-state index contributed by atoms with van der Waals surface area (Å²) in [5.74, 6) is 0.0769. The summed E-state index contributed by atoms with van der Waals surface area (Å²) >= 11 is 0. The molecule has 33 heavy (non-hydrogen) atoms. The number of benzene rings is 1. The van der Waals surface area contributed by atoms with E-state index < -0.39 is 0 Å². The van der Waals surface area contributed by atoms with Crippen LogP contribution < -0.4 is 26.0 Å². The average Bonchev–Trinajstić information content (AvgIpc) is 2.87. The van der Waals surface area contributed by atoms with Crippen molar-refractivity contribution in [1.82, 2.24) is 15.6 Å². The smallest absolute Gasteiger partial charge is 0.255 e. The molecule has 0 saturated carbocycles. The maximum Gasteiger partial charge on any atom is 0.255 e. The highest BCUT2D eigenvalue weighted by Gasteiger charge is 2.13. The first-order valence-corrected chi connectivity index (χ1v) is 11.1. The lowest BCUT2D eigenvalue weighted by molar-refractivity contribution is -0.105. The van der Waals surface area contributed by atoms with Crippen LogP contribution >= 0.6 is 0 Å². The van der Waals surface area contributed by atoms with Gasteiger partial charge in [-0.15, -0.1) is 0 Å². The monoisotopic (exact) mass is 449 g/mol. The second-order valence-corrected chi connectivity index (χ2v) is 7.70. The number of piperidine rings is 1. The fourth-order valence-electron chi connectivity index (χ4n) is 3.57. The van der Waals surface area contributed by atoms with Crippen molar-refractivity contribution in [3.05, 3.63) is 71.7 Å². The number of anilines is 1. The number of nitrogens with two attached hydrogens (primary N) is 1. The molecule has 1 aromatic heterocycles. The Hall–Kier alpha value is -3.65. The van der Waals surface area contributed by atoms with Crippen LogP contribution in [0.3, 0.4) is 0 Å². The number of ether oxygens (including phenoxy) is 1. The van der Waals surface area contributed by atoms with Crippen LogP contribution in [0.1, 0.15) is 35.3 Å². The molecule has 3 rings (SSSR count). The molecule has 1 fully saturated rings. The van der Waals surface area contributed by atoms with Gasteiger partial charge in [-0.05, 0) is 62.7 Å². The van der Waals surface area contributed by atoms with Gasteiger partial charge in [-0.2, -0.15) is 0 Å². The molecule has 0 radical (unpaired) electrons. The predicted molar refractivity (Wildman–Crippen MR) is 130 cm³/mol. The SMILES string of the molecule is CNCCOc1cccc(C(/C=C(\C=O)NC(=O)c2ccc(N3CCCCC3)cc2)=C/N)n1. The number of hydrogen-bond acceptors (Lipinski definition) is 7. The summed E-state index contributed by atoms with van der Waals surface area (Å²) in [5.41, 5.74) is 8.45.